The first-order valence-electron chi connectivity index (χ1n) is 7.25. The minimum Gasteiger partial charge on any atom is -0.481 e. The van der Waals surface area contributed by atoms with Gasteiger partial charge in [0.05, 0.1) is 12.2 Å². The fourth-order valence-corrected chi connectivity index (χ4v) is 2.62. The molecule has 2 heterocycles. The van der Waals surface area contributed by atoms with E-state index in [0.29, 0.717) is 26.2 Å². The van der Waals surface area contributed by atoms with Crippen molar-refractivity contribution in [1.29, 1.82) is 0 Å². The molecule has 1 atom stereocenters. The van der Waals surface area contributed by atoms with Crippen molar-refractivity contribution in [1.82, 2.24) is 14.8 Å². The van der Waals surface area contributed by atoms with Crippen molar-refractivity contribution in [3.8, 4) is 0 Å². The van der Waals surface area contributed by atoms with Crippen LogP contribution in [0.2, 0.25) is 0 Å². The molecule has 6 heteroatoms. The Bertz CT molecular complexity index is 492. The van der Waals surface area contributed by atoms with E-state index in [1.807, 2.05) is 25.1 Å². The third-order valence-electron chi connectivity index (χ3n) is 3.75. The molecule has 1 fully saturated rings. The summed E-state index contributed by atoms with van der Waals surface area (Å²) in [6.45, 7) is 4.19. The minimum absolute atomic E-state index is 0.0314. The van der Waals surface area contributed by atoms with Crippen molar-refractivity contribution in [2.24, 2.45) is 5.92 Å². The molecule has 0 aromatic carbocycles. The van der Waals surface area contributed by atoms with Gasteiger partial charge in [-0.15, -0.1) is 0 Å². The van der Waals surface area contributed by atoms with Crippen molar-refractivity contribution in [3.63, 3.8) is 0 Å². The zero-order valence-electron chi connectivity index (χ0n) is 12.2. The molecule has 114 valence electrons. The number of amides is 2. The lowest BCUT2D eigenvalue weighted by Gasteiger charge is -2.26. The number of hydrogen-bond donors (Lipinski definition) is 1. The van der Waals surface area contributed by atoms with Crippen LogP contribution in [0, 0.1) is 5.92 Å². The molecular weight excluding hydrogens is 270 g/mol. The fraction of sp³-hybridized carbons (Fsp3) is 0.533. The maximum atomic E-state index is 12.5. The Kier molecular flexibility index (Phi) is 5.14. The van der Waals surface area contributed by atoms with Crippen LogP contribution in [0.3, 0.4) is 0 Å². The van der Waals surface area contributed by atoms with E-state index in [-0.39, 0.29) is 18.4 Å². The van der Waals surface area contributed by atoms with Gasteiger partial charge >= 0.3 is 12.0 Å². The number of aromatic nitrogens is 1. The van der Waals surface area contributed by atoms with Crippen molar-refractivity contribution in [2.75, 3.05) is 19.6 Å². The third kappa shape index (κ3) is 4.18. The Morgan fingerprint density at radius 2 is 2.29 bits per heavy atom. The second-order valence-electron chi connectivity index (χ2n) is 5.32. The van der Waals surface area contributed by atoms with Gasteiger partial charge in [0, 0.05) is 32.3 Å². The second-order valence-corrected chi connectivity index (χ2v) is 5.32. The SMILES string of the molecule is CCN(Cc1ccccn1)C(=O)N1CCC(CC(=O)O)C1. The van der Waals surface area contributed by atoms with Crippen LogP contribution in [0.15, 0.2) is 24.4 Å². The molecule has 0 aliphatic carbocycles. The van der Waals surface area contributed by atoms with Crippen molar-refractivity contribution >= 4 is 12.0 Å². The Balaban J connectivity index is 1.93. The lowest BCUT2D eigenvalue weighted by Crippen LogP contribution is -2.41. The number of rotatable bonds is 5. The Morgan fingerprint density at radius 3 is 2.90 bits per heavy atom. The van der Waals surface area contributed by atoms with Crippen LogP contribution in [0.1, 0.15) is 25.5 Å². The van der Waals surface area contributed by atoms with Crippen LogP contribution < -0.4 is 0 Å². The normalized spacial score (nSPS) is 17.8. The zero-order valence-corrected chi connectivity index (χ0v) is 12.2. The number of aliphatic carboxylic acids is 1. The van der Waals surface area contributed by atoms with Crippen LogP contribution in [0.4, 0.5) is 4.79 Å². The maximum absolute atomic E-state index is 12.5. The quantitative estimate of drug-likeness (QED) is 0.898. The summed E-state index contributed by atoms with van der Waals surface area (Å²) in [6.07, 6.45) is 2.61. The summed E-state index contributed by atoms with van der Waals surface area (Å²) in [5, 5.41) is 8.83. The summed E-state index contributed by atoms with van der Waals surface area (Å²) in [6, 6.07) is 5.61. The Hall–Kier alpha value is -2.11. The molecule has 21 heavy (non-hydrogen) atoms. The van der Waals surface area contributed by atoms with Crippen LogP contribution in [0.25, 0.3) is 0 Å². The first-order valence-corrected chi connectivity index (χ1v) is 7.25. The second kappa shape index (κ2) is 7.06. The molecular formula is C15H21N3O3. The van der Waals surface area contributed by atoms with Gasteiger partial charge in [-0.3, -0.25) is 9.78 Å². The van der Waals surface area contributed by atoms with Crippen LogP contribution in [-0.2, 0) is 11.3 Å². The van der Waals surface area contributed by atoms with Crippen molar-refractivity contribution in [2.45, 2.75) is 26.3 Å². The number of nitrogens with zero attached hydrogens (tertiary/aromatic N) is 3. The fourth-order valence-electron chi connectivity index (χ4n) is 2.62. The number of likely N-dealkylation sites (tertiary alicyclic amines) is 1. The van der Waals surface area contributed by atoms with Gasteiger partial charge in [-0.2, -0.15) is 0 Å². The lowest BCUT2D eigenvalue weighted by molar-refractivity contribution is -0.138. The molecule has 1 aromatic rings. The summed E-state index contributed by atoms with van der Waals surface area (Å²) in [5.74, 6) is -0.727. The highest BCUT2D eigenvalue weighted by atomic mass is 16.4. The molecule has 2 rings (SSSR count). The lowest BCUT2D eigenvalue weighted by atomic mass is 10.1. The predicted molar refractivity (Wildman–Crippen MR) is 77.6 cm³/mol. The molecule has 1 aromatic heterocycles. The monoisotopic (exact) mass is 291 g/mol. The van der Waals surface area contributed by atoms with Gasteiger partial charge in [0.1, 0.15) is 0 Å². The molecule has 2 amide bonds. The molecule has 1 aliphatic rings. The average molecular weight is 291 g/mol. The number of carboxylic acid groups (broad SMARTS) is 1. The van der Waals surface area contributed by atoms with Crippen LogP contribution >= 0.6 is 0 Å². The van der Waals surface area contributed by atoms with Gasteiger partial charge in [-0.25, -0.2) is 4.79 Å². The smallest absolute Gasteiger partial charge is 0.320 e. The molecule has 1 saturated heterocycles. The van der Waals surface area contributed by atoms with Gasteiger partial charge in [0.15, 0.2) is 0 Å². The Morgan fingerprint density at radius 1 is 1.48 bits per heavy atom. The summed E-state index contributed by atoms with van der Waals surface area (Å²) >= 11 is 0. The third-order valence-corrected chi connectivity index (χ3v) is 3.75. The standard InChI is InChI=1S/C15H21N3O3/c1-2-17(11-13-5-3-4-7-16-13)15(21)18-8-6-12(10-18)9-14(19)20/h3-5,7,12H,2,6,8-11H2,1H3,(H,19,20). The molecule has 1 aliphatic heterocycles. The molecule has 0 bridgehead atoms. The van der Waals surface area contributed by atoms with Crippen LogP contribution in [-0.4, -0.2) is 51.5 Å². The average Bonchev–Trinajstić information content (AvgIpc) is 2.92. The summed E-state index contributed by atoms with van der Waals surface area (Å²) in [5.41, 5.74) is 0.856. The number of pyridine rings is 1. The maximum Gasteiger partial charge on any atom is 0.320 e. The number of urea groups is 1. The van der Waals surface area contributed by atoms with E-state index in [9.17, 15) is 9.59 Å². The van der Waals surface area contributed by atoms with Gasteiger partial charge < -0.3 is 14.9 Å². The first-order chi connectivity index (χ1) is 10.1. The number of carboxylic acids is 1. The first kappa shape index (κ1) is 15.3. The highest BCUT2D eigenvalue weighted by Gasteiger charge is 2.30. The number of carbonyl (C=O) groups excluding carboxylic acids is 1. The van der Waals surface area contributed by atoms with E-state index in [2.05, 4.69) is 4.98 Å². The summed E-state index contributed by atoms with van der Waals surface area (Å²) < 4.78 is 0. The molecule has 0 saturated carbocycles. The van der Waals surface area contributed by atoms with Gasteiger partial charge in [-0.1, -0.05) is 6.07 Å². The highest BCUT2D eigenvalue weighted by molar-refractivity contribution is 5.75. The molecule has 6 nitrogen and oxygen atoms in total. The van der Waals surface area contributed by atoms with Crippen LogP contribution in [0.5, 0.6) is 0 Å². The topological polar surface area (TPSA) is 73.7 Å². The van der Waals surface area contributed by atoms with E-state index in [0.717, 1.165) is 12.1 Å². The van der Waals surface area contributed by atoms with Crippen molar-refractivity contribution < 1.29 is 14.7 Å². The summed E-state index contributed by atoms with van der Waals surface area (Å²) in [4.78, 5) is 31.0. The van der Waals surface area contributed by atoms with E-state index >= 15 is 0 Å². The van der Waals surface area contributed by atoms with Gasteiger partial charge in [0.25, 0.3) is 0 Å². The molecule has 1 unspecified atom stereocenters. The molecule has 0 spiro atoms. The van der Waals surface area contributed by atoms with Gasteiger partial charge in [0.2, 0.25) is 0 Å². The molecule has 0 radical (unpaired) electrons. The predicted octanol–water partition coefficient (Wildman–Crippen LogP) is 1.82. The largest absolute Gasteiger partial charge is 0.481 e. The van der Waals surface area contributed by atoms with E-state index in [1.165, 1.54) is 0 Å². The Labute approximate surface area is 124 Å². The zero-order chi connectivity index (χ0) is 15.2. The number of hydrogen-bond acceptors (Lipinski definition) is 3. The van der Waals surface area contributed by atoms with E-state index in [1.54, 1.807) is 16.0 Å². The summed E-state index contributed by atoms with van der Waals surface area (Å²) in [7, 11) is 0. The van der Waals surface area contributed by atoms with E-state index < -0.39 is 5.97 Å². The highest BCUT2D eigenvalue weighted by Crippen LogP contribution is 2.21. The minimum atomic E-state index is -0.796. The van der Waals surface area contributed by atoms with Crippen molar-refractivity contribution in [3.05, 3.63) is 30.1 Å². The number of carbonyl (C=O) groups is 2. The molecule has 1 N–H and O–H groups in total. The van der Waals surface area contributed by atoms with E-state index in [4.69, 9.17) is 5.11 Å². The van der Waals surface area contributed by atoms with Gasteiger partial charge in [-0.05, 0) is 31.4 Å².